The van der Waals surface area contributed by atoms with Crippen molar-refractivity contribution < 1.29 is 0 Å². The molecule has 3 aromatic rings. The molecule has 0 unspecified atom stereocenters. The predicted molar refractivity (Wildman–Crippen MR) is 91.6 cm³/mol. The molecule has 1 aliphatic rings. The quantitative estimate of drug-likeness (QED) is 0.782. The Labute approximate surface area is 137 Å². The van der Waals surface area contributed by atoms with Crippen LogP contribution in [-0.2, 0) is 0 Å². The minimum Gasteiger partial charge on any atom is -0.368 e. The Balaban J connectivity index is 2.10. The van der Waals surface area contributed by atoms with E-state index in [1.165, 1.54) is 11.3 Å². The summed E-state index contributed by atoms with van der Waals surface area (Å²) in [7, 11) is 0. The Hall–Kier alpha value is -2.28. The van der Waals surface area contributed by atoms with Gasteiger partial charge in [-0.25, -0.2) is 4.98 Å². The fraction of sp³-hybridized carbons (Fsp3) is 0.375. The lowest BCUT2D eigenvalue weighted by Gasteiger charge is -2.18. The molecule has 0 bridgehead atoms. The van der Waals surface area contributed by atoms with Crippen LogP contribution >= 0.6 is 11.3 Å². The third kappa shape index (κ3) is 2.31. The zero-order valence-corrected chi connectivity index (χ0v) is 13.6. The number of fused-ring (bicyclic) bond motifs is 1. The number of aryl methyl sites for hydroxylation is 1. The van der Waals surface area contributed by atoms with Gasteiger partial charge in [-0.15, -0.1) is 11.3 Å². The number of thiazole rings is 1. The molecule has 7 heteroatoms. The van der Waals surface area contributed by atoms with Crippen molar-refractivity contribution >= 4 is 28.3 Å². The largest absolute Gasteiger partial charge is 0.368 e. The monoisotopic (exact) mass is 327 g/mol. The van der Waals surface area contributed by atoms with Gasteiger partial charge in [0.1, 0.15) is 5.65 Å². The second-order valence-electron chi connectivity index (χ2n) is 5.94. The molecule has 0 aromatic carbocycles. The van der Waals surface area contributed by atoms with Crippen molar-refractivity contribution in [3.8, 4) is 10.4 Å². The molecule has 1 saturated carbocycles. The van der Waals surface area contributed by atoms with Gasteiger partial charge >= 0.3 is 0 Å². The number of rotatable bonds is 2. The highest BCUT2D eigenvalue weighted by molar-refractivity contribution is 7.13. The van der Waals surface area contributed by atoms with Gasteiger partial charge < -0.3 is 5.73 Å². The first-order valence-electron chi connectivity index (χ1n) is 7.73. The van der Waals surface area contributed by atoms with E-state index in [9.17, 15) is 4.79 Å². The second-order valence-corrected chi connectivity index (χ2v) is 6.83. The van der Waals surface area contributed by atoms with Gasteiger partial charge in [-0.2, -0.15) is 4.98 Å². The van der Waals surface area contributed by atoms with Crippen molar-refractivity contribution in [1.29, 1.82) is 0 Å². The zero-order chi connectivity index (χ0) is 16.0. The van der Waals surface area contributed by atoms with Crippen molar-refractivity contribution in [2.75, 3.05) is 5.73 Å². The van der Waals surface area contributed by atoms with Crippen LogP contribution in [0.25, 0.3) is 21.5 Å². The third-order valence-corrected chi connectivity index (χ3v) is 5.29. The van der Waals surface area contributed by atoms with Gasteiger partial charge in [-0.1, -0.05) is 12.8 Å². The number of hydrogen-bond donors (Lipinski definition) is 1. The Bertz CT molecular complexity index is 926. The van der Waals surface area contributed by atoms with Crippen LogP contribution in [0.5, 0.6) is 0 Å². The van der Waals surface area contributed by atoms with Crippen LogP contribution in [-0.4, -0.2) is 19.5 Å². The summed E-state index contributed by atoms with van der Waals surface area (Å²) in [4.78, 5) is 26.8. The molecular formula is C16H17N5OS. The predicted octanol–water partition coefficient (Wildman–Crippen LogP) is 2.92. The Morgan fingerprint density at radius 1 is 1.30 bits per heavy atom. The normalized spacial score (nSPS) is 15.5. The summed E-state index contributed by atoms with van der Waals surface area (Å²) in [6.07, 6.45) is 6.03. The fourth-order valence-electron chi connectivity index (χ4n) is 3.40. The van der Waals surface area contributed by atoms with Gasteiger partial charge in [0.15, 0.2) is 0 Å². The summed E-state index contributed by atoms with van der Waals surface area (Å²) in [6.45, 7) is 1.90. The molecular weight excluding hydrogens is 310 g/mol. The summed E-state index contributed by atoms with van der Waals surface area (Å²) in [6, 6.07) is 2.07. The van der Waals surface area contributed by atoms with Gasteiger partial charge in [0, 0.05) is 17.6 Å². The van der Waals surface area contributed by atoms with Crippen molar-refractivity contribution in [2.45, 2.75) is 38.6 Å². The molecule has 3 aromatic heterocycles. The average molecular weight is 327 g/mol. The van der Waals surface area contributed by atoms with E-state index in [-0.39, 0.29) is 17.5 Å². The van der Waals surface area contributed by atoms with E-state index >= 15 is 0 Å². The lowest BCUT2D eigenvalue weighted by Crippen LogP contribution is -2.26. The van der Waals surface area contributed by atoms with Crippen molar-refractivity contribution in [3.05, 3.63) is 33.8 Å². The Kier molecular flexibility index (Phi) is 3.37. The molecule has 0 spiro atoms. The van der Waals surface area contributed by atoms with Crippen LogP contribution < -0.4 is 11.3 Å². The number of nitrogen functional groups attached to an aromatic ring is 1. The fourth-order valence-corrected chi connectivity index (χ4v) is 4.03. The standard InChI is InChI=1S/C16H17N5OS/c1-9-11-6-12(13-7-18-8-23-13)15(22)21(10-4-2-3-5-10)14(11)20-16(17)19-9/h6-8,10H,2-5H2,1H3,(H2,17,19,20). The number of nitrogens with two attached hydrogens (primary N) is 1. The van der Waals surface area contributed by atoms with E-state index < -0.39 is 0 Å². The highest BCUT2D eigenvalue weighted by atomic mass is 32.1. The second kappa shape index (κ2) is 5.42. The molecule has 3 heterocycles. The number of hydrogen-bond acceptors (Lipinski definition) is 6. The number of nitrogens with zero attached hydrogens (tertiary/aromatic N) is 4. The van der Waals surface area contributed by atoms with E-state index in [1.54, 1.807) is 11.7 Å². The molecule has 0 radical (unpaired) electrons. The van der Waals surface area contributed by atoms with Crippen LogP contribution in [0.15, 0.2) is 22.6 Å². The Morgan fingerprint density at radius 2 is 2.09 bits per heavy atom. The first kappa shape index (κ1) is 14.3. The van der Waals surface area contributed by atoms with E-state index in [0.717, 1.165) is 41.6 Å². The first-order chi connectivity index (χ1) is 11.1. The third-order valence-electron chi connectivity index (χ3n) is 4.49. The maximum Gasteiger partial charge on any atom is 0.261 e. The summed E-state index contributed by atoms with van der Waals surface area (Å²) in [5.74, 6) is 0.215. The van der Waals surface area contributed by atoms with Gasteiger partial charge in [0.05, 0.1) is 21.6 Å². The highest BCUT2D eigenvalue weighted by Crippen LogP contribution is 2.33. The molecule has 4 rings (SSSR count). The zero-order valence-electron chi connectivity index (χ0n) is 12.8. The van der Waals surface area contributed by atoms with E-state index in [4.69, 9.17) is 5.73 Å². The van der Waals surface area contributed by atoms with Crippen molar-refractivity contribution in [3.63, 3.8) is 0 Å². The minimum absolute atomic E-state index is 0.00819. The molecule has 0 aliphatic heterocycles. The topological polar surface area (TPSA) is 86.7 Å². The Morgan fingerprint density at radius 3 is 2.78 bits per heavy atom. The van der Waals surface area contributed by atoms with Gasteiger partial charge in [0.25, 0.3) is 5.56 Å². The molecule has 118 valence electrons. The first-order valence-corrected chi connectivity index (χ1v) is 8.61. The molecule has 2 N–H and O–H groups in total. The summed E-state index contributed by atoms with van der Waals surface area (Å²) in [5, 5.41) is 0.883. The van der Waals surface area contributed by atoms with Crippen LogP contribution in [0.3, 0.4) is 0 Å². The van der Waals surface area contributed by atoms with E-state index in [2.05, 4.69) is 15.0 Å². The number of anilines is 1. The van der Waals surface area contributed by atoms with Gasteiger partial charge in [0.2, 0.25) is 5.95 Å². The van der Waals surface area contributed by atoms with Crippen molar-refractivity contribution in [2.24, 2.45) is 0 Å². The molecule has 0 amide bonds. The van der Waals surface area contributed by atoms with Crippen molar-refractivity contribution in [1.82, 2.24) is 19.5 Å². The van der Waals surface area contributed by atoms with Crippen LogP contribution in [0, 0.1) is 6.92 Å². The lowest BCUT2D eigenvalue weighted by atomic mass is 10.1. The van der Waals surface area contributed by atoms with Crippen LogP contribution in [0.1, 0.15) is 37.4 Å². The van der Waals surface area contributed by atoms with Crippen LogP contribution in [0.2, 0.25) is 0 Å². The van der Waals surface area contributed by atoms with E-state index in [1.807, 2.05) is 17.6 Å². The minimum atomic E-state index is -0.00819. The van der Waals surface area contributed by atoms with E-state index in [0.29, 0.717) is 11.2 Å². The molecule has 1 aliphatic carbocycles. The molecule has 0 saturated heterocycles. The molecule has 23 heavy (non-hydrogen) atoms. The lowest BCUT2D eigenvalue weighted by molar-refractivity contribution is 0.516. The summed E-state index contributed by atoms with van der Waals surface area (Å²) >= 11 is 1.47. The number of pyridine rings is 1. The number of aromatic nitrogens is 4. The smallest absolute Gasteiger partial charge is 0.261 e. The molecule has 0 atom stereocenters. The van der Waals surface area contributed by atoms with Gasteiger partial charge in [-0.05, 0) is 25.8 Å². The maximum absolute atomic E-state index is 13.1. The van der Waals surface area contributed by atoms with Crippen LogP contribution in [0.4, 0.5) is 5.95 Å². The highest BCUT2D eigenvalue weighted by Gasteiger charge is 2.24. The summed E-state index contributed by atoms with van der Waals surface area (Å²) in [5.41, 5.74) is 9.68. The summed E-state index contributed by atoms with van der Waals surface area (Å²) < 4.78 is 1.84. The average Bonchev–Trinajstić information content (AvgIpc) is 3.20. The SMILES string of the molecule is Cc1nc(N)nc2c1cc(-c1cncs1)c(=O)n2C1CCCC1. The maximum atomic E-state index is 13.1. The van der Waals surface area contributed by atoms with Gasteiger partial charge in [-0.3, -0.25) is 14.3 Å². The molecule has 1 fully saturated rings. The molecule has 6 nitrogen and oxygen atoms in total.